The van der Waals surface area contributed by atoms with E-state index in [-0.39, 0.29) is 12.4 Å². The van der Waals surface area contributed by atoms with Gasteiger partial charge in [0, 0.05) is 19.2 Å². The Labute approximate surface area is 159 Å². The minimum atomic E-state index is 0. The van der Waals surface area contributed by atoms with E-state index < -0.39 is 0 Å². The molecule has 0 saturated heterocycles. The summed E-state index contributed by atoms with van der Waals surface area (Å²) in [5, 5.41) is 7.57. The molecule has 6 nitrogen and oxygen atoms in total. The summed E-state index contributed by atoms with van der Waals surface area (Å²) in [7, 11) is 3.32. The smallest absolute Gasteiger partial charge is 0.137 e. The molecule has 1 heterocycles. The van der Waals surface area contributed by atoms with Crippen LogP contribution in [-0.4, -0.2) is 29.0 Å². The quantitative estimate of drug-likeness (QED) is 0.656. The Hall–Kier alpha value is -2.57. The van der Waals surface area contributed by atoms with E-state index in [4.69, 9.17) is 9.47 Å². The fourth-order valence-electron chi connectivity index (χ4n) is 2.58. The van der Waals surface area contributed by atoms with Crippen LogP contribution in [0, 0.1) is 0 Å². The van der Waals surface area contributed by atoms with Crippen molar-refractivity contribution in [3.8, 4) is 11.5 Å². The lowest BCUT2D eigenvalue weighted by Crippen LogP contribution is -2.13. The van der Waals surface area contributed by atoms with Crippen molar-refractivity contribution >= 4 is 12.4 Å². The number of ether oxygens (including phenoxy) is 2. The highest BCUT2D eigenvalue weighted by atomic mass is 35.5. The van der Waals surface area contributed by atoms with Crippen LogP contribution in [0.4, 0.5) is 0 Å². The molecule has 3 rings (SSSR count). The fourth-order valence-corrected chi connectivity index (χ4v) is 2.58. The highest BCUT2D eigenvalue weighted by Crippen LogP contribution is 2.22. The Kier molecular flexibility index (Phi) is 7.44. The summed E-state index contributed by atoms with van der Waals surface area (Å²) in [5.74, 6) is 1.60. The van der Waals surface area contributed by atoms with Crippen LogP contribution < -0.4 is 14.8 Å². The molecule has 0 aliphatic rings. The molecule has 26 heavy (non-hydrogen) atoms. The minimum Gasteiger partial charge on any atom is -0.497 e. The molecular formula is C19H23ClN4O2. The summed E-state index contributed by atoms with van der Waals surface area (Å²) in [6.45, 7) is 2.27. The lowest BCUT2D eigenvalue weighted by atomic mass is 10.1. The number of methoxy groups -OCH3 is 2. The van der Waals surface area contributed by atoms with E-state index in [1.807, 2.05) is 22.9 Å². The number of nitrogens with one attached hydrogen (secondary N) is 1. The molecule has 0 fully saturated rings. The van der Waals surface area contributed by atoms with Crippen molar-refractivity contribution in [2.75, 3.05) is 14.2 Å². The number of benzene rings is 2. The van der Waals surface area contributed by atoms with E-state index in [1.54, 1.807) is 26.9 Å². The van der Waals surface area contributed by atoms with Crippen LogP contribution in [0.3, 0.4) is 0 Å². The Morgan fingerprint density at radius 2 is 1.50 bits per heavy atom. The van der Waals surface area contributed by atoms with E-state index >= 15 is 0 Å². The normalized spacial score (nSPS) is 10.2. The van der Waals surface area contributed by atoms with Crippen molar-refractivity contribution in [1.29, 1.82) is 0 Å². The van der Waals surface area contributed by atoms with Gasteiger partial charge in [-0.1, -0.05) is 24.3 Å². The Bertz CT molecular complexity index is 770. The van der Waals surface area contributed by atoms with Gasteiger partial charge in [-0.05, 0) is 28.8 Å². The van der Waals surface area contributed by atoms with Gasteiger partial charge in [0.25, 0.3) is 0 Å². The average molecular weight is 375 g/mol. The minimum absolute atomic E-state index is 0. The SMILES string of the molecule is COc1cc(CNCc2ccc(Cn3cncn3)cc2)cc(OC)c1.Cl. The fraction of sp³-hybridized carbons (Fsp3) is 0.263. The first-order valence-corrected chi connectivity index (χ1v) is 8.09. The number of aromatic nitrogens is 3. The third-order valence-corrected chi connectivity index (χ3v) is 3.90. The van der Waals surface area contributed by atoms with Crippen LogP contribution in [0.1, 0.15) is 16.7 Å². The Morgan fingerprint density at radius 3 is 2.08 bits per heavy atom. The number of nitrogens with zero attached hydrogens (tertiary/aromatic N) is 3. The predicted molar refractivity (Wildman–Crippen MR) is 103 cm³/mol. The third kappa shape index (κ3) is 5.47. The molecule has 7 heteroatoms. The summed E-state index contributed by atoms with van der Waals surface area (Å²) in [4.78, 5) is 3.95. The van der Waals surface area contributed by atoms with Gasteiger partial charge < -0.3 is 14.8 Å². The van der Waals surface area contributed by atoms with Gasteiger partial charge in [-0.25, -0.2) is 9.67 Å². The molecule has 1 N–H and O–H groups in total. The maximum absolute atomic E-state index is 5.30. The maximum Gasteiger partial charge on any atom is 0.137 e. The van der Waals surface area contributed by atoms with Crippen molar-refractivity contribution in [2.45, 2.75) is 19.6 Å². The molecular weight excluding hydrogens is 352 g/mol. The molecule has 138 valence electrons. The first-order valence-electron chi connectivity index (χ1n) is 8.09. The van der Waals surface area contributed by atoms with Crippen molar-refractivity contribution in [2.24, 2.45) is 0 Å². The van der Waals surface area contributed by atoms with Crippen LogP contribution in [0.2, 0.25) is 0 Å². The number of hydrogen-bond donors (Lipinski definition) is 1. The second-order valence-corrected chi connectivity index (χ2v) is 5.73. The van der Waals surface area contributed by atoms with Crippen LogP contribution in [0.5, 0.6) is 11.5 Å². The van der Waals surface area contributed by atoms with Crippen LogP contribution in [-0.2, 0) is 19.6 Å². The number of halogens is 1. The van der Waals surface area contributed by atoms with Crippen LogP contribution in [0.25, 0.3) is 0 Å². The summed E-state index contributed by atoms with van der Waals surface area (Å²) in [6.07, 6.45) is 3.27. The zero-order valence-corrected chi connectivity index (χ0v) is 15.7. The summed E-state index contributed by atoms with van der Waals surface area (Å²) >= 11 is 0. The van der Waals surface area contributed by atoms with Gasteiger partial charge in [-0.15, -0.1) is 12.4 Å². The Balaban J connectivity index is 0.00000243. The predicted octanol–water partition coefficient (Wildman–Crippen LogP) is 3.06. The molecule has 1 aromatic heterocycles. The maximum atomic E-state index is 5.30. The van der Waals surface area contributed by atoms with Crippen molar-refractivity contribution in [3.05, 3.63) is 71.8 Å². The number of rotatable bonds is 8. The van der Waals surface area contributed by atoms with Gasteiger partial charge >= 0.3 is 0 Å². The van der Waals surface area contributed by atoms with E-state index in [1.165, 1.54) is 11.1 Å². The molecule has 0 aliphatic carbocycles. The third-order valence-electron chi connectivity index (χ3n) is 3.90. The lowest BCUT2D eigenvalue weighted by Gasteiger charge is -2.10. The monoisotopic (exact) mass is 374 g/mol. The summed E-state index contributed by atoms with van der Waals surface area (Å²) in [5.41, 5.74) is 3.56. The van der Waals surface area contributed by atoms with Gasteiger partial charge in [-0.3, -0.25) is 0 Å². The molecule has 0 amide bonds. The first-order chi connectivity index (χ1) is 12.3. The Morgan fingerprint density at radius 1 is 0.885 bits per heavy atom. The van der Waals surface area contributed by atoms with Crippen molar-refractivity contribution in [3.63, 3.8) is 0 Å². The van der Waals surface area contributed by atoms with Gasteiger partial charge in [0.2, 0.25) is 0 Å². The summed E-state index contributed by atoms with van der Waals surface area (Å²) < 4.78 is 12.4. The van der Waals surface area contributed by atoms with Gasteiger partial charge in [0.1, 0.15) is 24.2 Å². The molecule has 0 bridgehead atoms. The molecule has 0 atom stereocenters. The van der Waals surface area contributed by atoms with Gasteiger partial charge in [-0.2, -0.15) is 5.10 Å². The van der Waals surface area contributed by atoms with Crippen LogP contribution in [0.15, 0.2) is 55.1 Å². The summed E-state index contributed by atoms with van der Waals surface area (Å²) in [6, 6.07) is 14.4. The first kappa shape index (κ1) is 19.8. The molecule has 0 radical (unpaired) electrons. The molecule has 3 aromatic rings. The lowest BCUT2D eigenvalue weighted by molar-refractivity contribution is 0.393. The molecule has 0 spiro atoms. The molecule has 0 saturated carbocycles. The zero-order valence-electron chi connectivity index (χ0n) is 14.9. The highest BCUT2D eigenvalue weighted by Gasteiger charge is 2.02. The number of hydrogen-bond acceptors (Lipinski definition) is 5. The second kappa shape index (κ2) is 9.79. The molecule has 2 aromatic carbocycles. The largest absolute Gasteiger partial charge is 0.497 e. The van der Waals surface area contributed by atoms with Gasteiger partial charge in [0.05, 0.1) is 20.8 Å². The highest BCUT2D eigenvalue weighted by molar-refractivity contribution is 5.85. The van der Waals surface area contributed by atoms with Gasteiger partial charge in [0.15, 0.2) is 0 Å². The van der Waals surface area contributed by atoms with E-state index in [9.17, 15) is 0 Å². The molecule has 0 unspecified atom stereocenters. The van der Waals surface area contributed by atoms with E-state index in [2.05, 4.69) is 39.7 Å². The van der Waals surface area contributed by atoms with Crippen LogP contribution >= 0.6 is 12.4 Å². The standard InChI is InChI=1S/C19H22N4O2.ClH/c1-24-18-7-17(8-19(9-18)25-2)11-20-10-15-3-5-16(6-4-15)12-23-14-21-13-22-23;/h3-9,13-14,20H,10-12H2,1-2H3;1H. The van der Waals surface area contributed by atoms with Crippen molar-refractivity contribution < 1.29 is 9.47 Å². The molecule has 0 aliphatic heterocycles. The topological polar surface area (TPSA) is 61.2 Å². The van der Waals surface area contributed by atoms with E-state index in [0.29, 0.717) is 0 Å². The average Bonchev–Trinajstić information content (AvgIpc) is 3.16. The second-order valence-electron chi connectivity index (χ2n) is 5.73. The van der Waals surface area contributed by atoms with Crippen molar-refractivity contribution in [1.82, 2.24) is 20.1 Å². The van der Waals surface area contributed by atoms with E-state index in [0.717, 1.165) is 36.7 Å². The zero-order chi connectivity index (χ0) is 17.5.